The lowest BCUT2D eigenvalue weighted by molar-refractivity contribution is -0.135. The van der Waals surface area contributed by atoms with Crippen molar-refractivity contribution in [3.8, 4) is 0 Å². The standard InChI is InChI=1S/C16H21BrN2O/c17-14-3-1-13(2-4-14)16(7-8-16)15(20)19-9-5-12(11-18)6-10-19/h1-4,12H,5-11,18H2. The third kappa shape index (κ3) is 2.51. The van der Waals surface area contributed by atoms with Gasteiger partial charge >= 0.3 is 0 Å². The lowest BCUT2D eigenvalue weighted by Gasteiger charge is -2.34. The average molecular weight is 337 g/mol. The third-order valence-electron chi connectivity index (χ3n) is 4.79. The first-order valence-electron chi connectivity index (χ1n) is 7.41. The van der Waals surface area contributed by atoms with Crippen molar-refractivity contribution in [2.24, 2.45) is 11.7 Å². The topological polar surface area (TPSA) is 46.3 Å². The van der Waals surface area contributed by atoms with Crippen molar-refractivity contribution in [2.45, 2.75) is 31.1 Å². The van der Waals surface area contributed by atoms with Gasteiger partial charge in [-0.25, -0.2) is 0 Å². The number of nitrogens with zero attached hydrogens (tertiary/aromatic N) is 1. The molecular formula is C16H21BrN2O. The first-order chi connectivity index (χ1) is 9.65. The Bertz CT molecular complexity index is 488. The highest BCUT2D eigenvalue weighted by atomic mass is 79.9. The maximum Gasteiger partial charge on any atom is 0.233 e. The average Bonchev–Trinajstić information content (AvgIpc) is 3.29. The molecule has 0 atom stereocenters. The summed E-state index contributed by atoms with van der Waals surface area (Å²) in [6.45, 7) is 2.50. The van der Waals surface area contributed by atoms with Gasteiger partial charge in [0.05, 0.1) is 5.41 Å². The molecule has 3 nitrogen and oxygen atoms in total. The van der Waals surface area contributed by atoms with Gasteiger partial charge in [-0.2, -0.15) is 0 Å². The number of benzene rings is 1. The second kappa shape index (κ2) is 5.49. The SMILES string of the molecule is NCC1CCN(C(=O)C2(c3ccc(Br)cc3)CC2)CC1. The van der Waals surface area contributed by atoms with Gasteiger partial charge in [-0.15, -0.1) is 0 Å². The van der Waals surface area contributed by atoms with Crippen molar-refractivity contribution >= 4 is 21.8 Å². The number of carbonyl (C=O) groups is 1. The Morgan fingerprint density at radius 3 is 2.35 bits per heavy atom. The van der Waals surface area contributed by atoms with E-state index in [1.165, 1.54) is 5.56 Å². The molecule has 1 amide bonds. The zero-order chi connectivity index (χ0) is 14.2. The van der Waals surface area contributed by atoms with Crippen molar-refractivity contribution in [2.75, 3.05) is 19.6 Å². The molecule has 0 unspecified atom stereocenters. The van der Waals surface area contributed by atoms with Gasteiger partial charge in [-0.1, -0.05) is 28.1 Å². The van der Waals surface area contributed by atoms with Gasteiger partial charge in [0.25, 0.3) is 0 Å². The summed E-state index contributed by atoms with van der Waals surface area (Å²) < 4.78 is 1.06. The van der Waals surface area contributed by atoms with Crippen LogP contribution in [-0.4, -0.2) is 30.4 Å². The zero-order valence-electron chi connectivity index (χ0n) is 11.6. The fraction of sp³-hybridized carbons (Fsp3) is 0.562. The predicted octanol–water partition coefficient (Wildman–Crippen LogP) is 2.68. The van der Waals surface area contributed by atoms with E-state index in [0.717, 1.165) is 49.8 Å². The van der Waals surface area contributed by atoms with Crippen molar-refractivity contribution in [3.05, 3.63) is 34.3 Å². The Labute approximate surface area is 128 Å². The molecule has 2 N–H and O–H groups in total. The fourth-order valence-corrected chi connectivity index (χ4v) is 3.46. The molecule has 1 aliphatic heterocycles. The van der Waals surface area contributed by atoms with Gasteiger partial charge < -0.3 is 10.6 Å². The summed E-state index contributed by atoms with van der Waals surface area (Å²) >= 11 is 3.45. The van der Waals surface area contributed by atoms with E-state index >= 15 is 0 Å². The van der Waals surface area contributed by atoms with Gasteiger partial charge in [0, 0.05) is 17.6 Å². The van der Waals surface area contributed by atoms with Gasteiger partial charge in [-0.05, 0) is 55.8 Å². The molecule has 20 heavy (non-hydrogen) atoms. The Kier molecular flexibility index (Phi) is 3.87. The highest BCUT2D eigenvalue weighted by Crippen LogP contribution is 2.50. The van der Waals surface area contributed by atoms with E-state index in [1.807, 2.05) is 12.1 Å². The molecule has 4 heteroatoms. The van der Waals surface area contributed by atoms with Crippen LogP contribution in [0.1, 0.15) is 31.2 Å². The molecule has 0 spiro atoms. The molecule has 3 rings (SSSR count). The molecule has 1 heterocycles. The van der Waals surface area contributed by atoms with E-state index in [9.17, 15) is 4.79 Å². The number of nitrogens with two attached hydrogens (primary N) is 1. The summed E-state index contributed by atoms with van der Waals surface area (Å²) in [5.41, 5.74) is 6.67. The molecule has 1 aromatic carbocycles. The third-order valence-corrected chi connectivity index (χ3v) is 5.32. The molecule has 1 saturated carbocycles. The number of hydrogen-bond donors (Lipinski definition) is 1. The quantitative estimate of drug-likeness (QED) is 0.922. The van der Waals surface area contributed by atoms with Gasteiger partial charge in [0.1, 0.15) is 0 Å². The smallest absolute Gasteiger partial charge is 0.233 e. The number of halogens is 1. The lowest BCUT2D eigenvalue weighted by atomic mass is 9.91. The number of likely N-dealkylation sites (tertiary alicyclic amines) is 1. The van der Waals surface area contributed by atoms with E-state index in [-0.39, 0.29) is 5.41 Å². The number of rotatable bonds is 3. The second-order valence-corrected chi connectivity index (χ2v) is 6.98. The summed E-state index contributed by atoms with van der Waals surface area (Å²) in [6.07, 6.45) is 4.09. The van der Waals surface area contributed by atoms with Crippen LogP contribution in [0, 0.1) is 5.92 Å². The molecule has 2 fully saturated rings. The largest absolute Gasteiger partial charge is 0.342 e. The van der Waals surface area contributed by atoms with Crippen LogP contribution in [0.2, 0.25) is 0 Å². The van der Waals surface area contributed by atoms with Gasteiger partial charge in [-0.3, -0.25) is 4.79 Å². The second-order valence-electron chi connectivity index (χ2n) is 6.06. The summed E-state index contributed by atoms with van der Waals surface area (Å²) in [5.74, 6) is 0.928. The summed E-state index contributed by atoms with van der Waals surface area (Å²) in [5, 5.41) is 0. The van der Waals surface area contributed by atoms with Crippen molar-refractivity contribution in [3.63, 3.8) is 0 Å². The predicted molar refractivity (Wildman–Crippen MR) is 83.4 cm³/mol. The van der Waals surface area contributed by atoms with Crippen LogP contribution in [0.4, 0.5) is 0 Å². The fourth-order valence-electron chi connectivity index (χ4n) is 3.19. The molecule has 0 bridgehead atoms. The minimum atomic E-state index is -0.226. The Balaban J connectivity index is 1.72. The summed E-state index contributed by atoms with van der Waals surface area (Å²) in [4.78, 5) is 14.9. The highest BCUT2D eigenvalue weighted by molar-refractivity contribution is 9.10. The number of hydrogen-bond acceptors (Lipinski definition) is 2. The lowest BCUT2D eigenvalue weighted by Crippen LogP contribution is -2.44. The van der Waals surface area contributed by atoms with E-state index in [1.54, 1.807) is 0 Å². The first-order valence-corrected chi connectivity index (χ1v) is 8.20. The Morgan fingerprint density at radius 2 is 1.85 bits per heavy atom. The minimum absolute atomic E-state index is 0.226. The van der Waals surface area contributed by atoms with E-state index < -0.39 is 0 Å². The van der Waals surface area contributed by atoms with Crippen LogP contribution in [0.3, 0.4) is 0 Å². The van der Waals surface area contributed by atoms with Crippen LogP contribution < -0.4 is 5.73 Å². The number of piperidine rings is 1. The number of carbonyl (C=O) groups excluding carboxylic acids is 1. The molecule has 108 valence electrons. The van der Waals surface area contributed by atoms with Crippen LogP contribution >= 0.6 is 15.9 Å². The van der Waals surface area contributed by atoms with Crippen LogP contribution in [0.5, 0.6) is 0 Å². The molecule has 2 aliphatic rings. The van der Waals surface area contributed by atoms with Crippen molar-refractivity contribution in [1.29, 1.82) is 0 Å². The molecule has 0 aromatic heterocycles. The van der Waals surface area contributed by atoms with Gasteiger partial charge in [0.2, 0.25) is 5.91 Å². The molecule has 1 saturated heterocycles. The highest BCUT2D eigenvalue weighted by Gasteiger charge is 2.53. The van der Waals surface area contributed by atoms with Crippen LogP contribution in [-0.2, 0) is 10.2 Å². The Morgan fingerprint density at radius 1 is 1.25 bits per heavy atom. The minimum Gasteiger partial charge on any atom is -0.342 e. The summed E-state index contributed by atoms with van der Waals surface area (Å²) in [6, 6.07) is 8.23. The molecule has 0 radical (unpaired) electrons. The van der Waals surface area contributed by atoms with E-state index in [4.69, 9.17) is 5.73 Å². The zero-order valence-corrected chi connectivity index (χ0v) is 13.2. The number of amides is 1. The maximum absolute atomic E-state index is 12.8. The Hall–Kier alpha value is -0.870. The normalized spacial score (nSPS) is 21.8. The van der Waals surface area contributed by atoms with E-state index in [0.29, 0.717) is 11.8 Å². The summed E-state index contributed by atoms with van der Waals surface area (Å²) in [7, 11) is 0. The van der Waals surface area contributed by atoms with Crippen LogP contribution in [0.15, 0.2) is 28.7 Å². The van der Waals surface area contributed by atoms with Crippen molar-refractivity contribution < 1.29 is 4.79 Å². The molecule has 1 aliphatic carbocycles. The molecular weight excluding hydrogens is 316 g/mol. The maximum atomic E-state index is 12.8. The van der Waals surface area contributed by atoms with Crippen molar-refractivity contribution in [1.82, 2.24) is 4.90 Å². The van der Waals surface area contributed by atoms with Gasteiger partial charge in [0.15, 0.2) is 0 Å². The monoisotopic (exact) mass is 336 g/mol. The molecule has 1 aromatic rings. The van der Waals surface area contributed by atoms with E-state index in [2.05, 4.69) is 33.0 Å². The van der Waals surface area contributed by atoms with Crippen LogP contribution in [0.25, 0.3) is 0 Å². The first kappa shape index (κ1) is 14.1.